The Balaban J connectivity index is 0.00000363. The number of nitrogens with zero attached hydrogens (tertiary/aromatic N) is 3. The Kier molecular flexibility index (Phi) is 11.7. The monoisotopic (exact) mass is 559 g/mol. The summed E-state index contributed by atoms with van der Waals surface area (Å²) in [7, 11) is 0. The second kappa shape index (κ2) is 13.7. The van der Waals surface area contributed by atoms with E-state index in [9.17, 15) is 5.11 Å². The first-order chi connectivity index (χ1) is 15.0. The van der Waals surface area contributed by atoms with Crippen LogP contribution in [-0.4, -0.2) is 91.5 Å². The number of benzene rings is 1. The van der Waals surface area contributed by atoms with Gasteiger partial charge in [0.1, 0.15) is 0 Å². The Labute approximate surface area is 211 Å². The maximum absolute atomic E-state index is 10.9. The van der Waals surface area contributed by atoms with Gasteiger partial charge in [-0.3, -0.25) is 14.8 Å². The van der Waals surface area contributed by atoms with Crippen molar-refractivity contribution in [2.75, 3.05) is 59.0 Å². The normalized spacial score (nSPS) is 20.6. The maximum atomic E-state index is 10.9. The molecule has 2 heterocycles. The molecule has 8 heteroatoms. The van der Waals surface area contributed by atoms with Gasteiger partial charge in [-0.05, 0) is 37.8 Å². The molecule has 0 amide bonds. The van der Waals surface area contributed by atoms with Crippen LogP contribution in [0.25, 0.3) is 0 Å². The molecule has 1 aromatic rings. The summed E-state index contributed by atoms with van der Waals surface area (Å²) < 4.78 is 5.40. The Morgan fingerprint density at radius 1 is 1.16 bits per heavy atom. The third-order valence-corrected chi connectivity index (χ3v) is 6.24. The molecule has 3 N–H and O–H groups in total. The van der Waals surface area contributed by atoms with E-state index in [1.807, 2.05) is 6.92 Å². The minimum Gasteiger partial charge on any atom is -0.387 e. The van der Waals surface area contributed by atoms with Gasteiger partial charge >= 0.3 is 0 Å². The topological polar surface area (TPSA) is 72.4 Å². The van der Waals surface area contributed by atoms with Crippen molar-refractivity contribution in [3.05, 3.63) is 35.4 Å². The molecule has 2 unspecified atom stereocenters. The summed E-state index contributed by atoms with van der Waals surface area (Å²) in [4.78, 5) is 9.53. The van der Waals surface area contributed by atoms with E-state index < -0.39 is 5.60 Å². The zero-order valence-electron chi connectivity index (χ0n) is 20.0. The van der Waals surface area contributed by atoms with E-state index in [2.05, 4.69) is 58.5 Å². The number of ether oxygens (including phenoxy) is 1. The SMILES string of the molecule is CCNC(=NCC(C)(O)CN1CCOCC1)NCC(CC)N1CCc2ccccc2C1.I. The van der Waals surface area contributed by atoms with E-state index in [0.717, 1.165) is 71.3 Å². The van der Waals surface area contributed by atoms with Crippen molar-refractivity contribution in [3.8, 4) is 0 Å². The maximum Gasteiger partial charge on any atom is 0.191 e. The van der Waals surface area contributed by atoms with Gasteiger partial charge in [0.05, 0.1) is 25.4 Å². The predicted octanol–water partition coefficient (Wildman–Crippen LogP) is 2.08. The van der Waals surface area contributed by atoms with Crippen molar-refractivity contribution in [3.63, 3.8) is 0 Å². The van der Waals surface area contributed by atoms with Crippen LogP contribution >= 0.6 is 24.0 Å². The average Bonchev–Trinajstić information content (AvgIpc) is 2.78. The van der Waals surface area contributed by atoms with Gasteiger partial charge in [0.15, 0.2) is 5.96 Å². The molecule has 7 nitrogen and oxygen atoms in total. The molecule has 0 spiro atoms. The van der Waals surface area contributed by atoms with Crippen molar-refractivity contribution in [2.45, 2.75) is 51.8 Å². The molecule has 3 rings (SSSR count). The third kappa shape index (κ3) is 8.44. The number of aliphatic imine (C=N–C) groups is 1. The van der Waals surface area contributed by atoms with Crippen molar-refractivity contribution >= 4 is 29.9 Å². The molecule has 0 aromatic heterocycles. The Morgan fingerprint density at radius 2 is 1.88 bits per heavy atom. The minimum atomic E-state index is -0.861. The summed E-state index contributed by atoms with van der Waals surface area (Å²) in [5.41, 5.74) is 2.08. The van der Waals surface area contributed by atoms with E-state index >= 15 is 0 Å². The number of β-amino-alcohol motifs (C(OH)–C–C–N with tert-alkyl or cyclic N) is 1. The number of rotatable bonds is 9. The van der Waals surface area contributed by atoms with Gasteiger partial charge in [-0.15, -0.1) is 24.0 Å². The molecule has 0 bridgehead atoms. The molecule has 182 valence electrons. The molecule has 2 aliphatic rings. The predicted molar refractivity (Wildman–Crippen MR) is 142 cm³/mol. The van der Waals surface area contributed by atoms with Crippen LogP contribution in [0.15, 0.2) is 29.3 Å². The lowest BCUT2D eigenvalue weighted by Crippen LogP contribution is -2.50. The van der Waals surface area contributed by atoms with Gasteiger partial charge in [-0.1, -0.05) is 31.2 Å². The first kappa shape index (κ1) is 27.3. The number of hydrogen-bond acceptors (Lipinski definition) is 5. The molecule has 0 saturated carbocycles. The fourth-order valence-corrected chi connectivity index (χ4v) is 4.46. The van der Waals surface area contributed by atoms with Crippen LogP contribution in [0.4, 0.5) is 0 Å². The second-order valence-electron chi connectivity index (χ2n) is 9.01. The lowest BCUT2D eigenvalue weighted by Gasteiger charge is -2.35. The molecule has 2 atom stereocenters. The molecular formula is C24H42IN5O2. The highest BCUT2D eigenvalue weighted by Crippen LogP contribution is 2.21. The smallest absolute Gasteiger partial charge is 0.191 e. The van der Waals surface area contributed by atoms with Gasteiger partial charge in [0.25, 0.3) is 0 Å². The highest BCUT2D eigenvalue weighted by Gasteiger charge is 2.26. The zero-order chi connectivity index (χ0) is 22.1. The first-order valence-corrected chi connectivity index (χ1v) is 11.9. The highest BCUT2D eigenvalue weighted by molar-refractivity contribution is 14.0. The molecule has 1 aromatic carbocycles. The van der Waals surface area contributed by atoms with Crippen molar-refractivity contribution < 1.29 is 9.84 Å². The Bertz CT molecular complexity index is 709. The fourth-order valence-electron chi connectivity index (χ4n) is 4.46. The number of hydrogen-bond donors (Lipinski definition) is 3. The van der Waals surface area contributed by atoms with Gasteiger partial charge in [0, 0.05) is 51.9 Å². The van der Waals surface area contributed by atoms with Crippen LogP contribution in [0.1, 0.15) is 38.3 Å². The van der Waals surface area contributed by atoms with Crippen LogP contribution in [0, 0.1) is 0 Å². The molecule has 1 fully saturated rings. The standard InChI is InChI=1S/C24H41N5O2.HI/c1-4-22(29-11-10-20-8-6-7-9-21(20)17-29)16-26-23(25-5-2)27-18-24(3,30)19-28-12-14-31-15-13-28;/h6-9,22,30H,4-5,10-19H2,1-3H3,(H2,25,26,27);1H. The molecule has 0 radical (unpaired) electrons. The van der Waals surface area contributed by atoms with E-state index in [0.29, 0.717) is 19.1 Å². The van der Waals surface area contributed by atoms with Gasteiger partial charge in [-0.2, -0.15) is 0 Å². The lowest BCUT2D eigenvalue weighted by atomic mass is 9.98. The van der Waals surface area contributed by atoms with Crippen molar-refractivity contribution in [1.29, 1.82) is 0 Å². The van der Waals surface area contributed by atoms with Crippen molar-refractivity contribution in [1.82, 2.24) is 20.4 Å². The molecule has 0 aliphatic carbocycles. The Hall–Kier alpha value is -0.940. The van der Waals surface area contributed by atoms with Crippen LogP contribution in [0.3, 0.4) is 0 Å². The van der Waals surface area contributed by atoms with Crippen LogP contribution in [-0.2, 0) is 17.7 Å². The minimum absolute atomic E-state index is 0. The summed E-state index contributed by atoms with van der Waals surface area (Å²) >= 11 is 0. The summed E-state index contributed by atoms with van der Waals surface area (Å²) in [5, 5.41) is 17.7. The average molecular weight is 560 g/mol. The van der Waals surface area contributed by atoms with E-state index in [-0.39, 0.29) is 24.0 Å². The highest BCUT2D eigenvalue weighted by atomic mass is 127. The number of morpholine rings is 1. The van der Waals surface area contributed by atoms with Gasteiger partial charge < -0.3 is 20.5 Å². The molecule has 2 aliphatic heterocycles. The number of fused-ring (bicyclic) bond motifs is 1. The van der Waals surface area contributed by atoms with E-state index in [1.54, 1.807) is 0 Å². The molecule has 1 saturated heterocycles. The second-order valence-corrected chi connectivity index (χ2v) is 9.01. The molecular weight excluding hydrogens is 517 g/mol. The zero-order valence-corrected chi connectivity index (χ0v) is 22.3. The van der Waals surface area contributed by atoms with Gasteiger partial charge in [-0.25, -0.2) is 0 Å². The summed E-state index contributed by atoms with van der Waals surface area (Å²) in [5.74, 6) is 0.778. The summed E-state index contributed by atoms with van der Waals surface area (Å²) in [6, 6.07) is 9.24. The quantitative estimate of drug-likeness (QED) is 0.245. The number of aliphatic hydroxyl groups is 1. The van der Waals surface area contributed by atoms with E-state index in [1.165, 1.54) is 11.1 Å². The summed E-state index contributed by atoms with van der Waals surface area (Å²) in [6.45, 7) is 14.1. The van der Waals surface area contributed by atoms with Crippen LogP contribution in [0.2, 0.25) is 0 Å². The number of halogens is 1. The summed E-state index contributed by atoms with van der Waals surface area (Å²) in [6.07, 6.45) is 2.20. The Morgan fingerprint density at radius 3 is 2.56 bits per heavy atom. The largest absolute Gasteiger partial charge is 0.387 e. The van der Waals surface area contributed by atoms with Gasteiger partial charge in [0.2, 0.25) is 0 Å². The number of guanidine groups is 1. The van der Waals surface area contributed by atoms with Crippen LogP contribution < -0.4 is 10.6 Å². The molecule has 32 heavy (non-hydrogen) atoms. The van der Waals surface area contributed by atoms with E-state index in [4.69, 9.17) is 9.73 Å². The van der Waals surface area contributed by atoms with Crippen LogP contribution in [0.5, 0.6) is 0 Å². The fraction of sp³-hybridized carbons (Fsp3) is 0.708. The number of nitrogens with one attached hydrogen (secondary N) is 2. The first-order valence-electron chi connectivity index (χ1n) is 11.9. The lowest BCUT2D eigenvalue weighted by molar-refractivity contribution is -0.0180. The van der Waals surface area contributed by atoms with Crippen molar-refractivity contribution in [2.24, 2.45) is 4.99 Å². The third-order valence-electron chi connectivity index (χ3n) is 6.24.